The van der Waals surface area contributed by atoms with Gasteiger partial charge in [-0.2, -0.15) is 0 Å². The summed E-state index contributed by atoms with van der Waals surface area (Å²) in [5.74, 6) is 5.15. The minimum atomic E-state index is -0.959. The minimum absolute atomic E-state index is 0.0105. The van der Waals surface area contributed by atoms with Crippen molar-refractivity contribution in [2.45, 2.75) is 39.5 Å². The van der Waals surface area contributed by atoms with Gasteiger partial charge in [-0.15, -0.1) is 11.8 Å². The van der Waals surface area contributed by atoms with Crippen LogP contribution in [0.1, 0.15) is 39.5 Å². The smallest absolute Gasteiger partial charge is 0.320 e. The number of carbonyl (C=O) groups is 2. The molecule has 1 rings (SSSR count). The lowest BCUT2D eigenvalue weighted by molar-refractivity contribution is -0.158. The van der Waals surface area contributed by atoms with Crippen molar-refractivity contribution in [3.05, 3.63) is 0 Å². The molecule has 1 aliphatic carbocycles. The van der Waals surface area contributed by atoms with Crippen molar-refractivity contribution < 1.29 is 14.3 Å². The number of carbonyl (C=O) groups excluding carboxylic acids is 2. The maximum Gasteiger partial charge on any atom is 0.320 e. The molecule has 1 aliphatic rings. The lowest BCUT2D eigenvalue weighted by Crippen LogP contribution is -2.36. The van der Waals surface area contributed by atoms with E-state index in [2.05, 4.69) is 11.8 Å². The van der Waals surface area contributed by atoms with Crippen molar-refractivity contribution in [2.75, 3.05) is 6.61 Å². The molecule has 0 aliphatic heterocycles. The van der Waals surface area contributed by atoms with Crippen LogP contribution in [0.2, 0.25) is 0 Å². The highest BCUT2D eigenvalue weighted by atomic mass is 16.5. The Balaban J connectivity index is 2.88. The Morgan fingerprint density at radius 1 is 1.60 bits per heavy atom. The largest absolute Gasteiger partial charge is 0.465 e. The number of hydrogen-bond donors (Lipinski definition) is 0. The monoisotopic (exact) mass is 208 g/mol. The number of ketones is 1. The Morgan fingerprint density at radius 2 is 2.33 bits per heavy atom. The lowest BCUT2D eigenvalue weighted by atomic mass is 9.82. The summed E-state index contributed by atoms with van der Waals surface area (Å²) >= 11 is 0. The first-order valence-electron chi connectivity index (χ1n) is 5.27. The Bertz CT molecular complexity index is 321. The average Bonchev–Trinajstić information content (AvgIpc) is 2.58. The van der Waals surface area contributed by atoms with Crippen molar-refractivity contribution in [1.82, 2.24) is 0 Å². The Morgan fingerprint density at radius 3 is 2.80 bits per heavy atom. The average molecular weight is 208 g/mol. The minimum Gasteiger partial charge on any atom is -0.465 e. The van der Waals surface area contributed by atoms with E-state index in [1.807, 2.05) is 0 Å². The van der Waals surface area contributed by atoms with Gasteiger partial charge in [0.1, 0.15) is 5.41 Å². The second-order valence-corrected chi connectivity index (χ2v) is 3.68. The van der Waals surface area contributed by atoms with Gasteiger partial charge in [0.2, 0.25) is 0 Å². The molecule has 3 heteroatoms. The van der Waals surface area contributed by atoms with Gasteiger partial charge in [0.25, 0.3) is 0 Å². The summed E-state index contributed by atoms with van der Waals surface area (Å²) in [7, 11) is 0. The highest BCUT2D eigenvalue weighted by Crippen LogP contribution is 2.39. The summed E-state index contributed by atoms with van der Waals surface area (Å²) in [6.45, 7) is 3.77. The van der Waals surface area contributed by atoms with E-state index in [1.54, 1.807) is 13.8 Å². The van der Waals surface area contributed by atoms with Crippen LogP contribution >= 0.6 is 0 Å². The molecule has 0 aromatic rings. The highest BCUT2D eigenvalue weighted by Gasteiger charge is 2.49. The number of esters is 1. The maximum atomic E-state index is 11.8. The van der Waals surface area contributed by atoms with E-state index < -0.39 is 11.4 Å². The third-order valence-electron chi connectivity index (χ3n) is 2.77. The summed E-state index contributed by atoms with van der Waals surface area (Å²) < 4.78 is 4.97. The summed E-state index contributed by atoms with van der Waals surface area (Å²) in [6.07, 6.45) is 2.13. The zero-order valence-corrected chi connectivity index (χ0v) is 9.26. The molecule has 1 saturated carbocycles. The molecule has 0 saturated heterocycles. The van der Waals surface area contributed by atoms with Crippen LogP contribution in [-0.2, 0) is 14.3 Å². The molecule has 1 unspecified atom stereocenters. The van der Waals surface area contributed by atoms with Gasteiger partial charge >= 0.3 is 5.97 Å². The molecule has 15 heavy (non-hydrogen) atoms. The molecular weight excluding hydrogens is 192 g/mol. The van der Waals surface area contributed by atoms with Crippen molar-refractivity contribution in [1.29, 1.82) is 0 Å². The molecule has 3 nitrogen and oxygen atoms in total. The van der Waals surface area contributed by atoms with Crippen molar-refractivity contribution >= 4 is 11.8 Å². The van der Waals surface area contributed by atoms with Crippen LogP contribution in [0.25, 0.3) is 0 Å². The summed E-state index contributed by atoms with van der Waals surface area (Å²) in [5, 5.41) is 0. The Labute approximate surface area is 90.2 Å². The van der Waals surface area contributed by atoms with E-state index in [9.17, 15) is 9.59 Å². The normalized spacial score (nSPS) is 24.5. The van der Waals surface area contributed by atoms with E-state index in [0.717, 1.165) is 6.42 Å². The van der Waals surface area contributed by atoms with Gasteiger partial charge in [0, 0.05) is 12.8 Å². The molecule has 0 radical (unpaired) electrons. The molecule has 0 bridgehead atoms. The Hall–Kier alpha value is -1.30. The Kier molecular flexibility index (Phi) is 3.90. The zero-order valence-electron chi connectivity index (χ0n) is 9.26. The predicted octanol–water partition coefficient (Wildman–Crippen LogP) is 1.70. The summed E-state index contributed by atoms with van der Waals surface area (Å²) in [6, 6.07) is 0. The van der Waals surface area contributed by atoms with Gasteiger partial charge in [-0.1, -0.05) is 0 Å². The van der Waals surface area contributed by atoms with Crippen LogP contribution in [0.3, 0.4) is 0 Å². The lowest BCUT2D eigenvalue weighted by Gasteiger charge is -2.22. The second kappa shape index (κ2) is 4.97. The van der Waals surface area contributed by atoms with Crippen LogP contribution in [-0.4, -0.2) is 18.4 Å². The molecule has 82 valence electrons. The molecular formula is C12H16O3. The third-order valence-corrected chi connectivity index (χ3v) is 2.77. The van der Waals surface area contributed by atoms with Crippen LogP contribution in [0.4, 0.5) is 0 Å². The first-order chi connectivity index (χ1) is 7.17. The summed E-state index contributed by atoms with van der Waals surface area (Å²) in [4.78, 5) is 23.5. The first-order valence-corrected chi connectivity index (χ1v) is 5.27. The highest BCUT2D eigenvalue weighted by molar-refractivity contribution is 6.05. The van der Waals surface area contributed by atoms with Gasteiger partial charge in [0.05, 0.1) is 6.61 Å². The van der Waals surface area contributed by atoms with Gasteiger partial charge in [-0.3, -0.25) is 9.59 Å². The quantitative estimate of drug-likeness (QED) is 0.403. The molecule has 1 atom stereocenters. The SMILES string of the molecule is CC#CCC1(C(=O)OCC)CCCC1=O. The van der Waals surface area contributed by atoms with Crippen LogP contribution < -0.4 is 0 Å². The molecule has 0 aromatic heterocycles. The molecule has 0 heterocycles. The number of rotatable bonds is 3. The van der Waals surface area contributed by atoms with E-state index in [-0.39, 0.29) is 5.78 Å². The van der Waals surface area contributed by atoms with E-state index in [0.29, 0.717) is 25.9 Å². The maximum absolute atomic E-state index is 11.8. The van der Waals surface area contributed by atoms with Gasteiger partial charge < -0.3 is 4.74 Å². The molecule has 1 fully saturated rings. The van der Waals surface area contributed by atoms with E-state index in [4.69, 9.17) is 4.74 Å². The fourth-order valence-electron chi connectivity index (χ4n) is 1.91. The zero-order chi connectivity index (χ0) is 11.3. The van der Waals surface area contributed by atoms with Gasteiger partial charge in [-0.05, 0) is 26.7 Å². The number of hydrogen-bond acceptors (Lipinski definition) is 3. The van der Waals surface area contributed by atoms with Gasteiger partial charge in [-0.25, -0.2) is 0 Å². The molecule has 0 spiro atoms. The van der Waals surface area contributed by atoms with Crippen LogP contribution in [0, 0.1) is 17.3 Å². The van der Waals surface area contributed by atoms with Crippen LogP contribution in [0.5, 0.6) is 0 Å². The fourth-order valence-corrected chi connectivity index (χ4v) is 1.91. The van der Waals surface area contributed by atoms with Crippen molar-refractivity contribution in [3.63, 3.8) is 0 Å². The van der Waals surface area contributed by atoms with Gasteiger partial charge in [0.15, 0.2) is 5.78 Å². The van der Waals surface area contributed by atoms with Crippen LogP contribution in [0.15, 0.2) is 0 Å². The van der Waals surface area contributed by atoms with Crippen molar-refractivity contribution in [2.24, 2.45) is 5.41 Å². The first kappa shape index (κ1) is 11.8. The van der Waals surface area contributed by atoms with E-state index in [1.165, 1.54) is 0 Å². The summed E-state index contributed by atoms with van der Waals surface area (Å²) in [5.41, 5.74) is -0.959. The number of ether oxygens (including phenoxy) is 1. The molecule has 0 amide bonds. The second-order valence-electron chi connectivity index (χ2n) is 3.68. The standard InChI is InChI=1S/C12H16O3/c1-3-5-8-12(11(14)15-4-2)9-6-7-10(12)13/h4,6-9H2,1-2H3. The molecule has 0 aromatic carbocycles. The predicted molar refractivity (Wildman–Crippen MR) is 56.0 cm³/mol. The fraction of sp³-hybridized carbons (Fsp3) is 0.667. The number of Topliss-reactive ketones (excluding diaryl/α,β-unsaturated/α-hetero) is 1. The van der Waals surface area contributed by atoms with Crippen molar-refractivity contribution in [3.8, 4) is 11.8 Å². The third kappa shape index (κ3) is 2.20. The topological polar surface area (TPSA) is 43.4 Å². The molecule has 0 N–H and O–H groups in total. The van der Waals surface area contributed by atoms with E-state index >= 15 is 0 Å².